The van der Waals surface area contributed by atoms with Gasteiger partial charge in [0.05, 0.1) is 5.69 Å². The van der Waals surface area contributed by atoms with Crippen LogP contribution in [-0.4, -0.2) is 16.6 Å². The van der Waals surface area contributed by atoms with E-state index in [9.17, 15) is 0 Å². The van der Waals surface area contributed by atoms with Gasteiger partial charge in [-0.05, 0) is 32.7 Å². The fraction of sp³-hybridized carbons (Fsp3) is 0.727. The third-order valence-electron chi connectivity index (χ3n) is 3.05. The van der Waals surface area contributed by atoms with E-state index in [1.165, 1.54) is 37.2 Å². The van der Waals surface area contributed by atoms with Crippen molar-refractivity contribution >= 4 is 0 Å². The molecule has 1 N–H and O–H groups in total. The van der Waals surface area contributed by atoms with Crippen LogP contribution in [0, 0.1) is 0 Å². The van der Waals surface area contributed by atoms with Gasteiger partial charge in [0.15, 0.2) is 0 Å². The Morgan fingerprint density at radius 1 is 1.43 bits per heavy atom. The second kappa shape index (κ2) is 3.09. The van der Waals surface area contributed by atoms with Crippen LogP contribution in [0.25, 0.3) is 0 Å². The van der Waals surface area contributed by atoms with E-state index >= 15 is 0 Å². The van der Waals surface area contributed by atoms with Crippen molar-refractivity contribution in [2.45, 2.75) is 44.2 Å². The Balaban J connectivity index is 1.89. The topological polar surface area (TPSA) is 29.9 Å². The first-order chi connectivity index (χ1) is 6.88. The second-order valence-electron chi connectivity index (χ2n) is 4.53. The molecule has 1 aromatic heterocycles. The minimum absolute atomic E-state index is 0.779. The zero-order valence-electron chi connectivity index (χ0n) is 8.66. The lowest BCUT2D eigenvalue weighted by atomic mass is 10.4. The highest BCUT2D eigenvalue weighted by molar-refractivity contribution is 5.15. The van der Waals surface area contributed by atoms with Crippen molar-refractivity contribution in [1.82, 2.24) is 14.9 Å². The molecule has 0 amide bonds. The van der Waals surface area contributed by atoms with Crippen LogP contribution < -0.4 is 5.32 Å². The van der Waals surface area contributed by atoms with Gasteiger partial charge in [0.2, 0.25) is 0 Å². The van der Waals surface area contributed by atoms with E-state index in [1.54, 1.807) is 0 Å². The van der Waals surface area contributed by atoms with E-state index in [4.69, 9.17) is 4.98 Å². The van der Waals surface area contributed by atoms with Gasteiger partial charge in [-0.2, -0.15) is 0 Å². The van der Waals surface area contributed by atoms with Crippen molar-refractivity contribution in [3.05, 3.63) is 17.7 Å². The summed E-state index contributed by atoms with van der Waals surface area (Å²) < 4.78 is 2.43. The SMILES string of the molecule is CNCc1cn(C2CC2)c(C2CC2)n1. The van der Waals surface area contributed by atoms with Crippen LogP contribution in [0.4, 0.5) is 0 Å². The largest absolute Gasteiger partial charge is 0.331 e. The van der Waals surface area contributed by atoms with Crippen molar-refractivity contribution in [3.63, 3.8) is 0 Å². The van der Waals surface area contributed by atoms with Gasteiger partial charge in [0.1, 0.15) is 5.82 Å². The van der Waals surface area contributed by atoms with Gasteiger partial charge in [-0.3, -0.25) is 0 Å². The number of aromatic nitrogens is 2. The third-order valence-corrected chi connectivity index (χ3v) is 3.05. The minimum atomic E-state index is 0.779. The minimum Gasteiger partial charge on any atom is -0.331 e. The predicted molar refractivity (Wildman–Crippen MR) is 55.2 cm³/mol. The first kappa shape index (κ1) is 8.48. The zero-order chi connectivity index (χ0) is 9.54. The average Bonchev–Trinajstić information content (AvgIpc) is 3.07. The van der Waals surface area contributed by atoms with Crippen LogP contribution >= 0.6 is 0 Å². The Kier molecular flexibility index (Phi) is 1.87. The average molecular weight is 191 g/mol. The van der Waals surface area contributed by atoms with E-state index in [-0.39, 0.29) is 0 Å². The molecular formula is C11H17N3. The summed E-state index contributed by atoms with van der Waals surface area (Å²) in [5.74, 6) is 2.14. The summed E-state index contributed by atoms with van der Waals surface area (Å²) in [4.78, 5) is 4.72. The van der Waals surface area contributed by atoms with E-state index in [0.717, 1.165) is 18.5 Å². The van der Waals surface area contributed by atoms with Gasteiger partial charge in [-0.25, -0.2) is 4.98 Å². The summed E-state index contributed by atoms with van der Waals surface area (Å²) in [6.07, 6.45) is 7.66. The van der Waals surface area contributed by atoms with E-state index in [1.807, 2.05) is 7.05 Å². The van der Waals surface area contributed by atoms with Crippen LogP contribution in [0.5, 0.6) is 0 Å². The van der Waals surface area contributed by atoms with Crippen LogP contribution in [0.2, 0.25) is 0 Å². The number of imidazole rings is 1. The second-order valence-corrected chi connectivity index (χ2v) is 4.53. The van der Waals surface area contributed by atoms with Crippen molar-refractivity contribution in [1.29, 1.82) is 0 Å². The Labute approximate surface area is 84.5 Å². The first-order valence-electron chi connectivity index (χ1n) is 5.60. The maximum Gasteiger partial charge on any atom is 0.112 e. The number of nitrogens with zero attached hydrogens (tertiary/aromatic N) is 2. The number of hydrogen-bond acceptors (Lipinski definition) is 2. The highest BCUT2D eigenvalue weighted by Gasteiger charge is 2.34. The lowest BCUT2D eigenvalue weighted by Gasteiger charge is -2.02. The summed E-state index contributed by atoms with van der Waals surface area (Å²) in [5.41, 5.74) is 1.21. The summed E-state index contributed by atoms with van der Waals surface area (Å²) in [7, 11) is 1.98. The summed E-state index contributed by atoms with van der Waals surface area (Å²) >= 11 is 0. The lowest BCUT2D eigenvalue weighted by Crippen LogP contribution is -2.05. The fourth-order valence-electron chi connectivity index (χ4n) is 2.02. The predicted octanol–water partition coefficient (Wildman–Crippen LogP) is 1.81. The van der Waals surface area contributed by atoms with Crippen molar-refractivity contribution < 1.29 is 0 Å². The molecule has 2 aliphatic rings. The molecule has 0 aromatic carbocycles. The molecule has 3 nitrogen and oxygen atoms in total. The molecule has 0 unspecified atom stereocenters. The van der Waals surface area contributed by atoms with E-state index in [2.05, 4.69) is 16.1 Å². The molecule has 76 valence electrons. The first-order valence-corrected chi connectivity index (χ1v) is 5.60. The van der Waals surface area contributed by atoms with Gasteiger partial charge < -0.3 is 9.88 Å². The van der Waals surface area contributed by atoms with Crippen LogP contribution in [-0.2, 0) is 6.54 Å². The van der Waals surface area contributed by atoms with Gasteiger partial charge in [-0.1, -0.05) is 0 Å². The smallest absolute Gasteiger partial charge is 0.112 e. The molecule has 2 aliphatic carbocycles. The molecule has 2 fully saturated rings. The number of rotatable bonds is 4. The fourth-order valence-corrected chi connectivity index (χ4v) is 2.02. The number of nitrogens with one attached hydrogen (secondary N) is 1. The molecule has 1 aromatic rings. The van der Waals surface area contributed by atoms with Gasteiger partial charge in [0, 0.05) is 24.7 Å². The molecular weight excluding hydrogens is 174 g/mol. The molecule has 0 bridgehead atoms. The maximum atomic E-state index is 4.72. The zero-order valence-corrected chi connectivity index (χ0v) is 8.66. The Bertz CT molecular complexity index is 305. The summed E-state index contributed by atoms with van der Waals surface area (Å²) in [6.45, 7) is 0.902. The van der Waals surface area contributed by atoms with Crippen LogP contribution in [0.1, 0.15) is 49.2 Å². The highest BCUT2D eigenvalue weighted by atomic mass is 15.1. The third kappa shape index (κ3) is 1.46. The lowest BCUT2D eigenvalue weighted by molar-refractivity contribution is 0.683. The molecule has 0 radical (unpaired) electrons. The van der Waals surface area contributed by atoms with Crippen LogP contribution in [0.3, 0.4) is 0 Å². The highest BCUT2D eigenvalue weighted by Crippen LogP contribution is 2.44. The van der Waals surface area contributed by atoms with Gasteiger partial charge in [-0.15, -0.1) is 0 Å². The van der Waals surface area contributed by atoms with Crippen molar-refractivity contribution in [2.75, 3.05) is 7.05 Å². The van der Waals surface area contributed by atoms with Crippen molar-refractivity contribution in [3.8, 4) is 0 Å². The summed E-state index contributed by atoms with van der Waals surface area (Å²) in [6, 6.07) is 0.781. The monoisotopic (exact) mass is 191 g/mol. The Morgan fingerprint density at radius 3 is 2.79 bits per heavy atom. The molecule has 0 saturated heterocycles. The van der Waals surface area contributed by atoms with Gasteiger partial charge in [0.25, 0.3) is 0 Å². The Morgan fingerprint density at radius 2 is 2.21 bits per heavy atom. The molecule has 3 rings (SSSR count). The quantitative estimate of drug-likeness (QED) is 0.786. The molecule has 3 heteroatoms. The van der Waals surface area contributed by atoms with Crippen molar-refractivity contribution in [2.24, 2.45) is 0 Å². The van der Waals surface area contributed by atoms with Gasteiger partial charge >= 0.3 is 0 Å². The van der Waals surface area contributed by atoms with E-state index in [0.29, 0.717) is 0 Å². The molecule has 14 heavy (non-hydrogen) atoms. The normalized spacial score (nSPS) is 21.5. The molecule has 1 heterocycles. The summed E-state index contributed by atoms with van der Waals surface area (Å²) in [5, 5.41) is 3.17. The molecule has 0 spiro atoms. The number of hydrogen-bond donors (Lipinski definition) is 1. The standard InChI is InChI=1S/C11H17N3/c1-12-6-9-7-14(10-4-5-10)11(13-9)8-2-3-8/h7-8,10,12H,2-6H2,1H3. The van der Waals surface area contributed by atoms with Crippen LogP contribution in [0.15, 0.2) is 6.20 Å². The van der Waals surface area contributed by atoms with E-state index < -0.39 is 0 Å². The Hall–Kier alpha value is -0.830. The maximum absolute atomic E-state index is 4.72. The molecule has 2 saturated carbocycles. The molecule has 0 atom stereocenters. The molecule has 0 aliphatic heterocycles.